The van der Waals surface area contributed by atoms with Crippen molar-refractivity contribution in [1.82, 2.24) is 10.2 Å². The number of methoxy groups -OCH3 is 2. The van der Waals surface area contributed by atoms with Crippen LogP contribution >= 0.6 is 11.6 Å². The van der Waals surface area contributed by atoms with Crippen molar-refractivity contribution >= 4 is 34.1 Å². The summed E-state index contributed by atoms with van der Waals surface area (Å²) in [5.41, 5.74) is 1.54. The molecule has 7 heteroatoms. The van der Waals surface area contributed by atoms with Gasteiger partial charge in [0.1, 0.15) is 11.5 Å². The van der Waals surface area contributed by atoms with Crippen LogP contribution in [-0.2, 0) is 0 Å². The number of fused-ring (bicyclic) bond motifs is 1. The first kappa shape index (κ1) is 15.2. The summed E-state index contributed by atoms with van der Waals surface area (Å²) in [5.74, 6) is 0.517. The Bertz CT molecular complexity index is 876. The lowest BCUT2D eigenvalue weighted by molar-refractivity contribution is 0.102. The molecule has 3 aromatic rings. The minimum atomic E-state index is -0.356. The van der Waals surface area contributed by atoms with Crippen molar-refractivity contribution in [3.63, 3.8) is 0 Å². The first-order chi connectivity index (χ1) is 11.1. The highest BCUT2D eigenvalue weighted by Gasteiger charge is 2.17. The molecule has 2 aromatic carbocycles. The van der Waals surface area contributed by atoms with Gasteiger partial charge in [-0.15, -0.1) is 0 Å². The zero-order valence-electron chi connectivity index (χ0n) is 12.5. The minimum absolute atomic E-state index is 0.302. The Labute approximate surface area is 137 Å². The molecule has 0 spiro atoms. The monoisotopic (exact) mass is 331 g/mol. The predicted octanol–water partition coefficient (Wildman–Crippen LogP) is 3.49. The molecule has 118 valence electrons. The molecule has 0 atom stereocenters. The molecule has 0 bridgehead atoms. The molecule has 0 saturated carbocycles. The average molecular weight is 332 g/mol. The van der Waals surface area contributed by atoms with Crippen molar-refractivity contribution in [2.45, 2.75) is 0 Å². The van der Waals surface area contributed by atoms with E-state index in [1.54, 1.807) is 12.1 Å². The highest BCUT2D eigenvalue weighted by Crippen LogP contribution is 2.36. The van der Waals surface area contributed by atoms with Crippen molar-refractivity contribution < 1.29 is 14.3 Å². The third-order valence-electron chi connectivity index (χ3n) is 3.41. The SMILES string of the molecule is COc1cc(NC(=O)c2n[nH]c3ccccc23)c(OC)cc1Cl. The summed E-state index contributed by atoms with van der Waals surface area (Å²) in [7, 11) is 3.00. The van der Waals surface area contributed by atoms with E-state index in [4.69, 9.17) is 21.1 Å². The number of anilines is 1. The molecular formula is C16H14ClN3O3. The Hall–Kier alpha value is -2.73. The van der Waals surface area contributed by atoms with Crippen LogP contribution in [0, 0.1) is 0 Å². The molecule has 0 radical (unpaired) electrons. The maximum Gasteiger partial charge on any atom is 0.276 e. The van der Waals surface area contributed by atoms with Gasteiger partial charge in [-0.3, -0.25) is 9.89 Å². The summed E-state index contributed by atoms with van der Waals surface area (Å²) in [6.07, 6.45) is 0. The molecule has 6 nitrogen and oxygen atoms in total. The number of hydrogen-bond donors (Lipinski definition) is 2. The zero-order chi connectivity index (χ0) is 16.4. The third-order valence-corrected chi connectivity index (χ3v) is 3.70. The van der Waals surface area contributed by atoms with Crippen molar-refractivity contribution in [1.29, 1.82) is 0 Å². The summed E-state index contributed by atoms with van der Waals surface area (Å²) in [6.45, 7) is 0. The molecule has 1 aromatic heterocycles. The molecule has 0 aliphatic carbocycles. The summed E-state index contributed by atoms with van der Waals surface area (Å²) in [6, 6.07) is 10.6. The maximum absolute atomic E-state index is 12.5. The molecule has 0 aliphatic heterocycles. The quantitative estimate of drug-likeness (QED) is 0.767. The number of carbonyl (C=O) groups excluding carboxylic acids is 1. The van der Waals surface area contributed by atoms with Gasteiger partial charge in [0.25, 0.3) is 5.91 Å². The van der Waals surface area contributed by atoms with Gasteiger partial charge in [0.15, 0.2) is 5.69 Å². The molecule has 0 unspecified atom stereocenters. The van der Waals surface area contributed by atoms with E-state index in [-0.39, 0.29) is 5.91 Å². The summed E-state index contributed by atoms with van der Waals surface area (Å²) in [5, 5.41) is 10.8. The number of nitrogens with zero attached hydrogens (tertiary/aromatic N) is 1. The Kier molecular flexibility index (Phi) is 4.08. The molecule has 0 saturated heterocycles. The Morgan fingerprint density at radius 3 is 2.65 bits per heavy atom. The molecule has 1 amide bonds. The first-order valence-corrected chi connectivity index (χ1v) is 7.18. The number of benzene rings is 2. The van der Waals surface area contributed by atoms with Gasteiger partial charge in [0, 0.05) is 17.5 Å². The van der Waals surface area contributed by atoms with Gasteiger partial charge in [0.05, 0.1) is 30.4 Å². The Balaban J connectivity index is 1.96. The molecule has 0 aliphatic rings. The maximum atomic E-state index is 12.5. The second-order valence-electron chi connectivity index (χ2n) is 4.76. The molecule has 1 heterocycles. The van der Waals surface area contributed by atoms with Crippen LogP contribution in [0.15, 0.2) is 36.4 Å². The molecular weight excluding hydrogens is 318 g/mol. The number of nitrogens with one attached hydrogen (secondary N) is 2. The van der Waals surface area contributed by atoms with Crippen LogP contribution in [0.4, 0.5) is 5.69 Å². The van der Waals surface area contributed by atoms with Gasteiger partial charge in [-0.05, 0) is 6.07 Å². The van der Waals surface area contributed by atoms with Crippen molar-refractivity contribution in [2.75, 3.05) is 19.5 Å². The van der Waals surface area contributed by atoms with Crippen molar-refractivity contribution in [3.8, 4) is 11.5 Å². The normalized spacial score (nSPS) is 10.6. The first-order valence-electron chi connectivity index (χ1n) is 6.80. The van der Waals surface area contributed by atoms with Gasteiger partial charge in [-0.1, -0.05) is 29.8 Å². The van der Waals surface area contributed by atoms with E-state index in [0.29, 0.717) is 27.9 Å². The standard InChI is InChI=1S/C16H14ClN3O3/c1-22-13-8-12(14(23-2)7-10(13)17)18-16(21)15-9-5-3-4-6-11(9)19-20-15/h3-8H,1-2H3,(H,18,21)(H,19,20). The van der Waals surface area contributed by atoms with E-state index in [1.165, 1.54) is 14.2 Å². The third kappa shape index (κ3) is 2.80. The largest absolute Gasteiger partial charge is 0.495 e. The number of hydrogen-bond acceptors (Lipinski definition) is 4. The topological polar surface area (TPSA) is 76.2 Å². The Morgan fingerprint density at radius 2 is 1.91 bits per heavy atom. The number of H-pyrrole nitrogens is 1. The number of ether oxygens (including phenoxy) is 2. The average Bonchev–Trinajstić information content (AvgIpc) is 3.00. The fourth-order valence-corrected chi connectivity index (χ4v) is 2.51. The number of para-hydroxylation sites is 1. The number of rotatable bonds is 4. The van der Waals surface area contributed by atoms with Gasteiger partial charge in [0.2, 0.25) is 0 Å². The van der Waals surface area contributed by atoms with E-state index in [0.717, 1.165) is 10.9 Å². The smallest absolute Gasteiger partial charge is 0.276 e. The molecule has 3 rings (SSSR count). The fourth-order valence-electron chi connectivity index (χ4n) is 2.28. The van der Waals surface area contributed by atoms with Gasteiger partial charge in [-0.25, -0.2) is 0 Å². The van der Waals surface area contributed by atoms with Crippen LogP contribution in [-0.4, -0.2) is 30.3 Å². The van der Waals surface area contributed by atoms with Gasteiger partial charge < -0.3 is 14.8 Å². The number of aromatic nitrogens is 2. The summed E-state index contributed by atoms with van der Waals surface area (Å²) >= 11 is 6.06. The van der Waals surface area contributed by atoms with Crippen LogP contribution in [0.5, 0.6) is 11.5 Å². The summed E-state index contributed by atoms with van der Waals surface area (Å²) in [4.78, 5) is 12.5. The van der Waals surface area contributed by atoms with Gasteiger partial charge in [-0.2, -0.15) is 5.10 Å². The lowest BCUT2D eigenvalue weighted by Crippen LogP contribution is -2.13. The van der Waals surface area contributed by atoms with Crippen LogP contribution < -0.4 is 14.8 Å². The zero-order valence-corrected chi connectivity index (χ0v) is 13.3. The fraction of sp³-hybridized carbons (Fsp3) is 0.125. The number of halogens is 1. The molecule has 0 fully saturated rings. The highest BCUT2D eigenvalue weighted by atomic mass is 35.5. The van der Waals surface area contributed by atoms with E-state index >= 15 is 0 Å². The van der Waals surface area contributed by atoms with Crippen molar-refractivity contribution in [2.24, 2.45) is 0 Å². The number of carbonyl (C=O) groups is 1. The van der Waals surface area contributed by atoms with E-state index < -0.39 is 0 Å². The van der Waals surface area contributed by atoms with Crippen LogP contribution in [0.2, 0.25) is 5.02 Å². The number of amides is 1. The Morgan fingerprint density at radius 1 is 1.17 bits per heavy atom. The molecule has 2 N–H and O–H groups in total. The summed E-state index contributed by atoms with van der Waals surface area (Å²) < 4.78 is 10.4. The lowest BCUT2D eigenvalue weighted by Gasteiger charge is -2.12. The van der Waals surface area contributed by atoms with Crippen LogP contribution in [0.1, 0.15) is 10.5 Å². The predicted molar refractivity (Wildman–Crippen MR) is 88.6 cm³/mol. The van der Waals surface area contributed by atoms with E-state index in [9.17, 15) is 4.79 Å². The lowest BCUT2D eigenvalue weighted by atomic mass is 10.2. The van der Waals surface area contributed by atoms with Crippen LogP contribution in [0.3, 0.4) is 0 Å². The van der Waals surface area contributed by atoms with E-state index in [2.05, 4.69) is 15.5 Å². The van der Waals surface area contributed by atoms with Crippen molar-refractivity contribution in [3.05, 3.63) is 47.1 Å². The minimum Gasteiger partial charge on any atom is -0.495 e. The van der Waals surface area contributed by atoms with Gasteiger partial charge >= 0.3 is 0 Å². The van der Waals surface area contributed by atoms with Crippen LogP contribution in [0.25, 0.3) is 10.9 Å². The highest BCUT2D eigenvalue weighted by molar-refractivity contribution is 6.32. The molecule has 23 heavy (non-hydrogen) atoms. The second kappa shape index (κ2) is 6.18. The van der Waals surface area contributed by atoms with E-state index in [1.807, 2.05) is 24.3 Å². The number of aromatic amines is 1. The second-order valence-corrected chi connectivity index (χ2v) is 5.17.